The zero-order valence-electron chi connectivity index (χ0n) is 10.4. The Labute approximate surface area is 98.0 Å². The number of hydrogen-bond acceptors (Lipinski definition) is 2. The summed E-state index contributed by atoms with van der Waals surface area (Å²) < 4.78 is 2.07. The molecule has 1 unspecified atom stereocenters. The van der Waals surface area contributed by atoms with Crippen molar-refractivity contribution in [1.82, 2.24) is 9.78 Å². The largest absolute Gasteiger partial charge is 0.323 e. The van der Waals surface area contributed by atoms with E-state index >= 15 is 0 Å². The molecular weight excluding hydrogens is 198 g/mol. The topological polar surface area (TPSA) is 43.8 Å². The molecule has 1 saturated carbocycles. The minimum Gasteiger partial charge on any atom is -0.323 e. The van der Waals surface area contributed by atoms with Gasteiger partial charge in [-0.2, -0.15) is 5.10 Å². The monoisotopic (exact) mass is 221 g/mol. The molecule has 0 bridgehead atoms. The fourth-order valence-corrected chi connectivity index (χ4v) is 2.42. The van der Waals surface area contributed by atoms with Gasteiger partial charge in [-0.05, 0) is 31.7 Å². The standard InChI is InChI=1S/C13H23N3/c1-3-11-9-13(16(4-2)15-11)12(14)8-10-6-5-7-10/h9-10,12H,3-8,14H2,1-2H3. The van der Waals surface area contributed by atoms with Crippen molar-refractivity contribution in [3.8, 4) is 0 Å². The zero-order valence-corrected chi connectivity index (χ0v) is 10.4. The molecular formula is C13H23N3. The average molecular weight is 221 g/mol. The lowest BCUT2D eigenvalue weighted by atomic mass is 9.80. The minimum atomic E-state index is 0.179. The number of hydrogen-bond donors (Lipinski definition) is 1. The van der Waals surface area contributed by atoms with Crippen molar-refractivity contribution >= 4 is 0 Å². The van der Waals surface area contributed by atoms with Crippen LogP contribution >= 0.6 is 0 Å². The van der Waals surface area contributed by atoms with Crippen molar-refractivity contribution in [2.75, 3.05) is 0 Å². The van der Waals surface area contributed by atoms with E-state index in [1.54, 1.807) is 0 Å². The van der Waals surface area contributed by atoms with Crippen LogP contribution in [0.4, 0.5) is 0 Å². The molecule has 2 N–H and O–H groups in total. The number of aromatic nitrogens is 2. The normalized spacial score (nSPS) is 18.4. The Morgan fingerprint density at radius 3 is 2.75 bits per heavy atom. The lowest BCUT2D eigenvalue weighted by molar-refractivity contribution is 0.273. The van der Waals surface area contributed by atoms with Gasteiger partial charge in [0.15, 0.2) is 0 Å². The Kier molecular flexibility index (Phi) is 3.64. The summed E-state index contributed by atoms with van der Waals surface area (Å²) in [5, 5.41) is 4.56. The van der Waals surface area contributed by atoms with Crippen LogP contribution in [0.15, 0.2) is 6.07 Å². The highest BCUT2D eigenvalue weighted by Crippen LogP contribution is 2.33. The SMILES string of the molecule is CCc1cc(C(N)CC2CCC2)n(CC)n1. The third kappa shape index (κ3) is 2.29. The van der Waals surface area contributed by atoms with Crippen LogP contribution in [-0.2, 0) is 13.0 Å². The van der Waals surface area contributed by atoms with Crippen LogP contribution in [0.1, 0.15) is 57.0 Å². The van der Waals surface area contributed by atoms with E-state index in [0.717, 1.165) is 25.3 Å². The second-order valence-corrected chi connectivity index (χ2v) is 4.87. The second kappa shape index (κ2) is 5.00. The molecule has 0 aliphatic heterocycles. The molecule has 1 aromatic rings. The van der Waals surface area contributed by atoms with Gasteiger partial charge in [0.2, 0.25) is 0 Å². The second-order valence-electron chi connectivity index (χ2n) is 4.87. The van der Waals surface area contributed by atoms with Crippen molar-refractivity contribution in [3.63, 3.8) is 0 Å². The maximum atomic E-state index is 6.29. The molecule has 1 aliphatic carbocycles. The van der Waals surface area contributed by atoms with E-state index in [1.165, 1.54) is 30.7 Å². The summed E-state index contributed by atoms with van der Waals surface area (Å²) in [5.74, 6) is 0.861. The van der Waals surface area contributed by atoms with Crippen molar-refractivity contribution in [2.24, 2.45) is 11.7 Å². The molecule has 0 saturated heterocycles. The van der Waals surface area contributed by atoms with E-state index in [1.807, 2.05) is 0 Å². The number of nitrogens with two attached hydrogens (primary N) is 1. The summed E-state index contributed by atoms with van der Waals surface area (Å²) in [6, 6.07) is 2.37. The van der Waals surface area contributed by atoms with Gasteiger partial charge in [-0.3, -0.25) is 4.68 Å². The van der Waals surface area contributed by atoms with E-state index in [-0.39, 0.29) is 6.04 Å². The number of nitrogens with zero attached hydrogens (tertiary/aromatic N) is 2. The van der Waals surface area contributed by atoms with Crippen molar-refractivity contribution < 1.29 is 0 Å². The van der Waals surface area contributed by atoms with Crippen LogP contribution in [-0.4, -0.2) is 9.78 Å². The molecule has 0 spiro atoms. The molecule has 3 nitrogen and oxygen atoms in total. The first-order valence-corrected chi connectivity index (χ1v) is 6.56. The predicted octanol–water partition coefficient (Wildman–Crippen LogP) is 2.66. The predicted molar refractivity (Wildman–Crippen MR) is 66.2 cm³/mol. The third-order valence-corrected chi connectivity index (χ3v) is 3.72. The van der Waals surface area contributed by atoms with E-state index in [0.29, 0.717) is 0 Å². The molecule has 1 aliphatic rings. The van der Waals surface area contributed by atoms with E-state index in [4.69, 9.17) is 5.73 Å². The van der Waals surface area contributed by atoms with Crippen molar-refractivity contribution in [3.05, 3.63) is 17.5 Å². The molecule has 1 aromatic heterocycles. The molecule has 3 heteroatoms. The van der Waals surface area contributed by atoms with Crippen LogP contribution in [0.2, 0.25) is 0 Å². The Morgan fingerprint density at radius 1 is 1.50 bits per heavy atom. The van der Waals surface area contributed by atoms with Gasteiger partial charge in [-0.1, -0.05) is 26.2 Å². The van der Waals surface area contributed by atoms with Crippen LogP contribution in [0.25, 0.3) is 0 Å². The maximum Gasteiger partial charge on any atom is 0.0625 e. The van der Waals surface area contributed by atoms with Crippen LogP contribution in [0.3, 0.4) is 0 Å². The summed E-state index contributed by atoms with van der Waals surface area (Å²) in [5.41, 5.74) is 8.68. The molecule has 0 aromatic carbocycles. The van der Waals surface area contributed by atoms with Crippen LogP contribution in [0, 0.1) is 5.92 Å². The fourth-order valence-electron chi connectivity index (χ4n) is 2.42. The quantitative estimate of drug-likeness (QED) is 0.830. The van der Waals surface area contributed by atoms with E-state index < -0.39 is 0 Å². The first-order valence-electron chi connectivity index (χ1n) is 6.56. The van der Waals surface area contributed by atoms with Gasteiger partial charge in [-0.15, -0.1) is 0 Å². The van der Waals surface area contributed by atoms with Gasteiger partial charge in [0.1, 0.15) is 0 Å². The molecule has 1 heterocycles. The number of rotatable bonds is 5. The summed E-state index contributed by atoms with van der Waals surface area (Å²) in [6.45, 7) is 5.20. The van der Waals surface area contributed by atoms with Gasteiger partial charge in [0.25, 0.3) is 0 Å². The summed E-state index contributed by atoms with van der Waals surface area (Å²) in [4.78, 5) is 0. The zero-order chi connectivity index (χ0) is 11.5. The summed E-state index contributed by atoms with van der Waals surface area (Å²) in [6.07, 6.45) is 6.26. The maximum absolute atomic E-state index is 6.29. The van der Waals surface area contributed by atoms with Gasteiger partial charge >= 0.3 is 0 Å². The highest BCUT2D eigenvalue weighted by molar-refractivity contribution is 5.14. The average Bonchev–Trinajstić information content (AvgIpc) is 2.66. The van der Waals surface area contributed by atoms with E-state index in [9.17, 15) is 0 Å². The Balaban J connectivity index is 2.07. The lowest BCUT2D eigenvalue weighted by Gasteiger charge is -2.28. The minimum absolute atomic E-state index is 0.179. The molecule has 1 atom stereocenters. The summed E-state index contributed by atoms with van der Waals surface area (Å²) in [7, 11) is 0. The third-order valence-electron chi connectivity index (χ3n) is 3.72. The Bertz CT molecular complexity index is 339. The first kappa shape index (κ1) is 11.6. The molecule has 0 radical (unpaired) electrons. The van der Waals surface area contributed by atoms with Gasteiger partial charge in [0.05, 0.1) is 11.4 Å². The van der Waals surface area contributed by atoms with Crippen molar-refractivity contribution in [1.29, 1.82) is 0 Å². The Hall–Kier alpha value is -0.830. The van der Waals surface area contributed by atoms with Gasteiger partial charge < -0.3 is 5.73 Å². The molecule has 16 heavy (non-hydrogen) atoms. The van der Waals surface area contributed by atoms with Crippen LogP contribution in [0.5, 0.6) is 0 Å². The van der Waals surface area contributed by atoms with Crippen LogP contribution < -0.4 is 5.73 Å². The highest BCUT2D eigenvalue weighted by Gasteiger charge is 2.23. The number of aryl methyl sites for hydroxylation is 2. The van der Waals surface area contributed by atoms with Crippen molar-refractivity contribution in [2.45, 2.75) is 58.5 Å². The van der Waals surface area contributed by atoms with E-state index in [2.05, 4.69) is 29.7 Å². The lowest BCUT2D eigenvalue weighted by Crippen LogP contribution is -2.22. The van der Waals surface area contributed by atoms with Gasteiger partial charge in [-0.25, -0.2) is 0 Å². The Morgan fingerprint density at radius 2 is 2.25 bits per heavy atom. The molecule has 90 valence electrons. The molecule has 1 fully saturated rings. The molecule has 0 amide bonds. The smallest absolute Gasteiger partial charge is 0.0625 e. The molecule has 2 rings (SSSR count). The highest BCUT2D eigenvalue weighted by atomic mass is 15.3. The summed E-state index contributed by atoms with van der Waals surface area (Å²) >= 11 is 0. The van der Waals surface area contributed by atoms with Gasteiger partial charge in [0, 0.05) is 12.6 Å². The first-order chi connectivity index (χ1) is 7.74. The fraction of sp³-hybridized carbons (Fsp3) is 0.769.